The van der Waals surface area contributed by atoms with Gasteiger partial charge in [0.1, 0.15) is 6.54 Å². The molecule has 0 saturated heterocycles. The SMILES string of the molecule is COCC(O)CCNC(C)C(=O)NCC(F)(F)F. The molecule has 8 heteroatoms. The van der Waals surface area contributed by atoms with Crippen LogP contribution in [-0.4, -0.2) is 56.1 Å². The molecule has 2 atom stereocenters. The maximum Gasteiger partial charge on any atom is 0.405 e. The molecule has 0 radical (unpaired) electrons. The molecule has 0 aliphatic carbocycles. The molecule has 2 unspecified atom stereocenters. The first-order chi connectivity index (χ1) is 8.26. The zero-order chi connectivity index (χ0) is 14.2. The van der Waals surface area contributed by atoms with Crippen LogP contribution in [0.3, 0.4) is 0 Å². The van der Waals surface area contributed by atoms with E-state index in [9.17, 15) is 23.1 Å². The van der Waals surface area contributed by atoms with Crippen LogP contribution in [0.15, 0.2) is 0 Å². The van der Waals surface area contributed by atoms with Gasteiger partial charge in [-0.05, 0) is 19.9 Å². The predicted octanol–water partition coefficient (Wildman–Crippen LogP) is 0.0404. The molecule has 0 fully saturated rings. The van der Waals surface area contributed by atoms with Gasteiger partial charge in [-0.1, -0.05) is 0 Å². The monoisotopic (exact) mass is 272 g/mol. The largest absolute Gasteiger partial charge is 0.405 e. The van der Waals surface area contributed by atoms with Crippen molar-refractivity contribution in [2.75, 3.05) is 26.8 Å². The Bertz CT molecular complexity index is 249. The minimum Gasteiger partial charge on any atom is -0.391 e. The Kier molecular flexibility index (Phi) is 7.88. The number of carbonyl (C=O) groups is 1. The number of methoxy groups -OCH3 is 1. The molecule has 0 saturated carbocycles. The zero-order valence-corrected chi connectivity index (χ0v) is 10.4. The molecule has 0 aromatic rings. The number of alkyl halides is 3. The normalized spacial score (nSPS) is 15.2. The number of ether oxygens (including phenoxy) is 1. The Morgan fingerprint density at radius 3 is 2.56 bits per heavy atom. The van der Waals surface area contributed by atoms with E-state index < -0.39 is 30.8 Å². The molecule has 0 aliphatic heterocycles. The standard InChI is InChI=1S/C10H19F3N2O3/c1-7(9(17)15-6-10(11,12)13)14-4-3-8(16)5-18-2/h7-8,14,16H,3-6H2,1-2H3,(H,15,17). The number of hydrogen-bond donors (Lipinski definition) is 3. The summed E-state index contributed by atoms with van der Waals surface area (Å²) in [5.74, 6) is -0.728. The van der Waals surface area contributed by atoms with Gasteiger partial charge in [0.2, 0.25) is 5.91 Å². The van der Waals surface area contributed by atoms with E-state index in [0.717, 1.165) is 0 Å². The summed E-state index contributed by atoms with van der Waals surface area (Å²) in [5, 5.41) is 13.8. The van der Waals surface area contributed by atoms with E-state index in [1.807, 2.05) is 0 Å². The Hall–Kier alpha value is -0.860. The first-order valence-electron chi connectivity index (χ1n) is 5.51. The van der Waals surface area contributed by atoms with Gasteiger partial charge < -0.3 is 20.5 Å². The predicted molar refractivity (Wildman–Crippen MR) is 59.0 cm³/mol. The Morgan fingerprint density at radius 2 is 2.06 bits per heavy atom. The van der Waals surface area contributed by atoms with E-state index >= 15 is 0 Å². The number of carbonyl (C=O) groups excluding carboxylic acids is 1. The molecule has 0 rings (SSSR count). The number of aliphatic hydroxyl groups is 1. The fraction of sp³-hybridized carbons (Fsp3) is 0.900. The lowest BCUT2D eigenvalue weighted by Gasteiger charge is -2.16. The number of halogens is 3. The van der Waals surface area contributed by atoms with Crippen LogP contribution in [0.5, 0.6) is 0 Å². The van der Waals surface area contributed by atoms with Crippen LogP contribution in [-0.2, 0) is 9.53 Å². The highest BCUT2D eigenvalue weighted by Crippen LogP contribution is 2.12. The minimum absolute atomic E-state index is 0.177. The highest BCUT2D eigenvalue weighted by atomic mass is 19.4. The second-order valence-electron chi connectivity index (χ2n) is 3.91. The number of nitrogens with one attached hydrogen (secondary N) is 2. The first-order valence-corrected chi connectivity index (χ1v) is 5.51. The van der Waals surface area contributed by atoms with E-state index in [1.54, 1.807) is 5.32 Å². The quantitative estimate of drug-likeness (QED) is 0.583. The summed E-state index contributed by atoms with van der Waals surface area (Å²) in [6.07, 6.45) is -4.72. The van der Waals surface area contributed by atoms with Crippen molar-refractivity contribution < 1.29 is 27.8 Å². The lowest BCUT2D eigenvalue weighted by Crippen LogP contribution is -2.45. The lowest BCUT2D eigenvalue weighted by molar-refractivity contribution is -0.139. The van der Waals surface area contributed by atoms with Gasteiger partial charge in [-0.15, -0.1) is 0 Å². The van der Waals surface area contributed by atoms with Gasteiger partial charge in [0.15, 0.2) is 0 Å². The zero-order valence-electron chi connectivity index (χ0n) is 10.4. The molecular formula is C10H19F3N2O3. The van der Waals surface area contributed by atoms with Gasteiger partial charge in [-0.2, -0.15) is 13.2 Å². The van der Waals surface area contributed by atoms with Crippen molar-refractivity contribution >= 4 is 5.91 Å². The summed E-state index contributed by atoms with van der Waals surface area (Å²) in [4.78, 5) is 11.2. The van der Waals surface area contributed by atoms with Gasteiger partial charge in [0.25, 0.3) is 0 Å². The van der Waals surface area contributed by atoms with Crippen molar-refractivity contribution in [3.63, 3.8) is 0 Å². The molecule has 0 spiro atoms. The third-order valence-corrected chi connectivity index (χ3v) is 2.14. The average molecular weight is 272 g/mol. The van der Waals surface area contributed by atoms with Crippen molar-refractivity contribution in [2.24, 2.45) is 0 Å². The van der Waals surface area contributed by atoms with E-state index in [-0.39, 0.29) is 6.61 Å². The van der Waals surface area contributed by atoms with Crippen molar-refractivity contribution in [1.82, 2.24) is 10.6 Å². The van der Waals surface area contributed by atoms with Gasteiger partial charge in [0.05, 0.1) is 18.8 Å². The minimum atomic E-state index is -4.41. The van der Waals surface area contributed by atoms with E-state index in [0.29, 0.717) is 13.0 Å². The number of aliphatic hydroxyl groups excluding tert-OH is 1. The molecule has 0 aromatic heterocycles. The molecule has 0 bridgehead atoms. The van der Waals surface area contributed by atoms with Gasteiger partial charge >= 0.3 is 6.18 Å². The number of amides is 1. The Balaban J connectivity index is 3.75. The maximum absolute atomic E-state index is 11.8. The fourth-order valence-electron chi connectivity index (χ4n) is 1.18. The average Bonchev–Trinajstić information content (AvgIpc) is 2.25. The van der Waals surface area contributed by atoms with Crippen LogP contribution in [0.25, 0.3) is 0 Å². The molecule has 5 nitrogen and oxygen atoms in total. The highest BCUT2D eigenvalue weighted by molar-refractivity contribution is 5.81. The summed E-state index contributed by atoms with van der Waals surface area (Å²) < 4.78 is 40.2. The molecule has 0 heterocycles. The first kappa shape index (κ1) is 17.1. The lowest BCUT2D eigenvalue weighted by atomic mass is 10.2. The van der Waals surface area contributed by atoms with Gasteiger partial charge in [0, 0.05) is 7.11 Å². The maximum atomic E-state index is 11.8. The van der Waals surface area contributed by atoms with Crippen LogP contribution < -0.4 is 10.6 Å². The van der Waals surface area contributed by atoms with Crippen LogP contribution in [0.2, 0.25) is 0 Å². The highest BCUT2D eigenvalue weighted by Gasteiger charge is 2.28. The summed E-state index contributed by atoms with van der Waals surface area (Å²) in [7, 11) is 1.45. The summed E-state index contributed by atoms with van der Waals surface area (Å²) in [6, 6.07) is -0.748. The van der Waals surface area contributed by atoms with Crippen molar-refractivity contribution in [3.8, 4) is 0 Å². The third kappa shape index (κ3) is 9.20. The van der Waals surface area contributed by atoms with Crippen LogP contribution in [0, 0.1) is 0 Å². The number of rotatable bonds is 8. The van der Waals surface area contributed by atoms with Crippen molar-refractivity contribution in [2.45, 2.75) is 31.7 Å². The molecule has 0 aromatic carbocycles. The smallest absolute Gasteiger partial charge is 0.391 e. The van der Waals surface area contributed by atoms with Crippen LogP contribution >= 0.6 is 0 Å². The van der Waals surface area contributed by atoms with E-state index in [1.165, 1.54) is 14.0 Å². The Morgan fingerprint density at radius 1 is 1.44 bits per heavy atom. The topological polar surface area (TPSA) is 70.6 Å². The van der Waals surface area contributed by atoms with Crippen LogP contribution in [0.1, 0.15) is 13.3 Å². The number of hydrogen-bond acceptors (Lipinski definition) is 4. The third-order valence-electron chi connectivity index (χ3n) is 2.14. The molecule has 18 heavy (non-hydrogen) atoms. The van der Waals surface area contributed by atoms with Crippen molar-refractivity contribution in [3.05, 3.63) is 0 Å². The van der Waals surface area contributed by atoms with E-state index in [2.05, 4.69) is 5.32 Å². The van der Waals surface area contributed by atoms with Crippen molar-refractivity contribution in [1.29, 1.82) is 0 Å². The summed E-state index contributed by atoms with van der Waals surface area (Å²) in [6.45, 7) is 0.597. The Labute approximate surface area is 104 Å². The molecule has 108 valence electrons. The summed E-state index contributed by atoms with van der Waals surface area (Å²) in [5.41, 5.74) is 0. The molecule has 3 N–H and O–H groups in total. The molecule has 0 aliphatic rings. The summed E-state index contributed by atoms with van der Waals surface area (Å²) >= 11 is 0. The molecule has 1 amide bonds. The van der Waals surface area contributed by atoms with Gasteiger partial charge in [-0.25, -0.2) is 0 Å². The van der Waals surface area contributed by atoms with Gasteiger partial charge in [-0.3, -0.25) is 4.79 Å². The van der Waals surface area contributed by atoms with E-state index in [4.69, 9.17) is 4.74 Å². The second kappa shape index (κ2) is 8.28. The molecular weight excluding hydrogens is 253 g/mol. The van der Waals surface area contributed by atoms with Crippen LogP contribution in [0.4, 0.5) is 13.2 Å². The second-order valence-corrected chi connectivity index (χ2v) is 3.91. The fourth-order valence-corrected chi connectivity index (χ4v) is 1.18.